The number of H-pyrrole nitrogens is 1. The van der Waals surface area contributed by atoms with E-state index >= 15 is 0 Å². The number of hydrogen-bond acceptors (Lipinski definition) is 2. The molecule has 3 heteroatoms. The van der Waals surface area contributed by atoms with E-state index in [-0.39, 0.29) is 0 Å². The molecule has 0 saturated heterocycles. The summed E-state index contributed by atoms with van der Waals surface area (Å²) in [5.41, 5.74) is 9.60. The minimum atomic E-state index is 0.704. The minimum Gasteiger partial charge on any atom is -0.361 e. The van der Waals surface area contributed by atoms with Crippen molar-refractivity contribution in [3.05, 3.63) is 35.5 Å². The molecule has 0 radical (unpaired) electrons. The molecule has 0 aliphatic rings. The van der Waals surface area contributed by atoms with Crippen molar-refractivity contribution in [1.29, 1.82) is 0 Å². The van der Waals surface area contributed by atoms with E-state index in [2.05, 4.69) is 34.7 Å². The maximum absolute atomic E-state index is 5.65. The van der Waals surface area contributed by atoms with Crippen molar-refractivity contribution in [2.45, 2.75) is 12.8 Å². The van der Waals surface area contributed by atoms with E-state index in [1.807, 2.05) is 7.05 Å². The van der Waals surface area contributed by atoms with Crippen molar-refractivity contribution >= 4 is 10.9 Å². The summed E-state index contributed by atoms with van der Waals surface area (Å²) >= 11 is 0. The van der Waals surface area contributed by atoms with Crippen molar-refractivity contribution in [1.82, 2.24) is 10.3 Å². The average Bonchev–Trinajstić information content (AvgIpc) is 2.71. The summed E-state index contributed by atoms with van der Waals surface area (Å²) < 4.78 is 0. The molecule has 0 fully saturated rings. The maximum Gasteiger partial charge on any atom is 0.0459 e. The van der Waals surface area contributed by atoms with E-state index in [0.717, 1.165) is 19.4 Å². The molecule has 1 aromatic heterocycles. The Kier molecular flexibility index (Phi) is 3.59. The molecule has 86 valence electrons. The third kappa shape index (κ3) is 2.10. The van der Waals surface area contributed by atoms with E-state index in [1.54, 1.807) is 0 Å². The molecule has 2 aromatic rings. The van der Waals surface area contributed by atoms with Gasteiger partial charge >= 0.3 is 0 Å². The van der Waals surface area contributed by atoms with Gasteiger partial charge in [-0.1, -0.05) is 12.1 Å². The molecule has 0 bridgehead atoms. The summed E-state index contributed by atoms with van der Waals surface area (Å²) in [7, 11) is 1.98. The first-order valence-electron chi connectivity index (χ1n) is 5.79. The predicted octanol–water partition coefficient (Wildman–Crippen LogP) is 1.43. The number of fused-ring (bicyclic) bond motifs is 1. The quantitative estimate of drug-likeness (QED) is 0.709. The fraction of sp³-hybridized carbons (Fsp3) is 0.385. The van der Waals surface area contributed by atoms with Gasteiger partial charge in [0.15, 0.2) is 0 Å². The Morgan fingerprint density at radius 2 is 2.12 bits per heavy atom. The molecule has 1 aromatic carbocycles. The number of rotatable bonds is 5. The van der Waals surface area contributed by atoms with Gasteiger partial charge in [-0.05, 0) is 50.2 Å². The molecule has 2 rings (SSSR count). The number of aromatic nitrogens is 1. The van der Waals surface area contributed by atoms with Crippen LogP contribution in [0, 0.1) is 0 Å². The number of nitrogens with two attached hydrogens (primary N) is 1. The highest BCUT2D eigenvalue weighted by molar-refractivity contribution is 5.86. The summed E-state index contributed by atoms with van der Waals surface area (Å²) in [6.45, 7) is 1.71. The SMILES string of the molecule is CNCCc1c[nH]c2cccc(CCN)c12. The predicted molar refractivity (Wildman–Crippen MR) is 68.7 cm³/mol. The first-order valence-corrected chi connectivity index (χ1v) is 5.79. The van der Waals surface area contributed by atoms with E-state index < -0.39 is 0 Å². The van der Waals surface area contributed by atoms with Gasteiger partial charge in [-0.3, -0.25) is 0 Å². The minimum absolute atomic E-state index is 0.704. The van der Waals surface area contributed by atoms with Crippen molar-refractivity contribution in [3.8, 4) is 0 Å². The smallest absolute Gasteiger partial charge is 0.0459 e. The van der Waals surface area contributed by atoms with Crippen LogP contribution in [0.3, 0.4) is 0 Å². The summed E-state index contributed by atoms with van der Waals surface area (Å²) in [5, 5.41) is 4.55. The third-order valence-corrected chi connectivity index (χ3v) is 2.93. The Labute approximate surface area is 96.0 Å². The highest BCUT2D eigenvalue weighted by Gasteiger charge is 2.07. The summed E-state index contributed by atoms with van der Waals surface area (Å²) in [5.74, 6) is 0. The first kappa shape index (κ1) is 11.2. The number of likely N-dealkylation sites (N-methyl/N-ethyl adjacent to an activating group) is 1. The number of benzene rings is 1. The van der Waals surface area contributed by atoms with Gasteiger partial charge in [0, 0.05) is 17.1 Å². The van der Waals surface area contributed by atoms with Crippen LogP contribution in [-0.2, 0) is 12.8 Å². The molecule has 16 heavy (non-hydrogen) atoms. The molecular formula is C13H19N3. The highest BCUT2D eigenvalue weighted by Crippen LogP contribution is 2.23. The lowest BCUT2D eigenvalue weighted by molar-refractivity contribution is 0.794. The largest absolute Gasteiger partial charge is 0.361 e. The van der Waals surface area contributed by atoms with Crippen molar-refractivity contribution in [2.75, 3.05) is 20.1 Å². The van der Waals surface area contributed by atoms with E-state index in [0.29, 0.717) is 6.54 Å². The zero-order chi connectivity index (χ0) is 11.4. The molecule has 4 N–H and O–H groups in total. The number of aromatic amines is 1. The molecule has 1 heterocycles. The van der Waals surface area contributed by atoms with Gasteiger partial charge in [-0.15, -0.1) is 0 Å². The van der Waals surface area contributed by atoms with Crippen LogP contribution in [0.1, 0.15) is 11.1 Å². The fourth-order valence-electron chi connectivity index (χ4n) is 2.16. The van der Waals surface area contributed by atoms with Gasteiger partial charge in [0.25, 0.3) is 0 Å². The van der Waals surface area contributed by atoms with Crippen molar-refractivity contribution < 1.29 is 0 Å². The Morgan fingerprint density at radius 3 is 2.88 bits per heavy atom. The van der Waals surface area contributed by atoms with E-state index in [9.17, 15) is 0 Å². The maximum atomic E-state index is 5.65. The lowest BCUT2D eigenvalue weighted by Crippen LogP contribution is -2.10. The second kappa shape index (κ2) is 5.14. The highest BCUT2D eigenvalue weighted by atomic mass is 14.8. The normalized spacial score (nSPS) is 11.1. The summed E-state index contributed by atoms with van der Waals surface area (Å²) in [6.07, 6.45) is 4.11. The lowest BCUT2D eigenvalue weighted by atomic mass is 10.0. The van der Waals surface area contributed by atoms with Crippen molar-refractivity contribution in [2.24, 2.45) is 5.73 Å². The Balaban J connectivity index is 2.41. The van der Waals surface area contributed by atoms with Crippen LogP contribution in [-0.4, -0.2) is 25.1 Å². The van der Waals surface area contributed by atoms with Crippen molar-refractivity contribution in [3.63, 3.8) is 0 Å². The van der Waals surface area contributed by atoms with E-state index in [1.165, 1.54) is 22.0 Å². The van der Waals surface area contributed by atoms with Gasteiger partial charge < -0.3 is 16.0 Å². The van der Waals surface area contributed by atoms with Gasteiger partial charge in [0.2, 0.25) is 0 Å². The molecule has 0 unspecified atom stereocenters. The topological polar surface area (TPSA) is 53.8 Å². The van der Waals surface area contributed by atoms with Crippen LogP contribution in [0.5, 0.6) is 0 Å². The molecule has 0 saturated carbocycles. The van der Waals surface area contributed by atoms with Crippen LogP contribution in [0.25, 0.3) is 10.9 Å². The van der Waals surface area contributed by atoms with Crippen LogP contribution >= 0.6 is 0 Å². The second-order valence-electron chi connectivity index (χ2n) is 4.05. The van der Waals surface area contributed by atoms with Crippen LogP contribution in [0.15, 0.2) is 24.4 Å². The first-order chi connectivity index (χ1) is 7.86. The van der Waals surface area contributed by atoms with Gasteiger partial charge in [-0.2, -0.15) is 0 Å². The zero-order valence-electron chi connectivity index (χ0n) is 9.72. The number of hydrogen-bond donors (Lipinski definition) is 3. The van der Waals surface area contributed by atoms with Crippen LogP contribution in [0.2, 0.25) is 0 Å². The standard InChI is InChI=1S/C13H19N3/c1-15-8-6-11-9-16-12-4-2-3-10(5-7-14)13(11)12/h2-4,9,15-16H,5-8,14H2,1H3. The molecule has 0 spiro atoms. The molecule has 0 aliphatic heterocycles. The fourth-order valence-corrected chi connectivity index (χ4v) is 2.16. The second-order valence-corrected chi connectivity index (χ2v) is 4.05. The molecule has 3 nitrogen and oxygen atoms in total. The van der Waals surface area contributed by atoms with Gasteiger partial charge in [0.1, 0.15) is 0 Å². The Morgan fingerprint density at radius 1 is 1.25 bits per heavy atom. The summed E-state index contributed by atoms with van der Waals surface area (Å²) in [6, 6.07) is 6.38. The Bertz CT molecular complexity index is 459. The van der Waals surface area contributed by atoms with Gasteiger partial charge in [-0.25, -0.2) is 0 Å². The monoisotopic (exact) mass is 217 g/mol. The average molecular weight is 217 g/mol. The zero-order valence-corrected chi connectivity index (χ0v) is 9.72. The van der Waals surface area contributed by atoms with E-state index in [4.69, 9.17) is 5.73 Å². The Hall–Kier alpha value is -1.32. The molecule has 0 atom stereocenters. The molecule has 0 amide bonds. The van der Waals surface area contributed by atoms with Crippen LogP contribution in [0.4, 0.5) is 0 Å². The molecule has 0 aliphatic carbocycles. The van der Waals surface area contributed by atoms with Crippen LogP contribution < -0.4 is 11.1 Å². The number of nitrogens with one attached hydrogen (secondary N) is 2. The van der Waals surface area contributed by atoms with Gasteiger partial charge in [0.05, 0.1) is 0 Å². The lowest BCUT2D eigenvalue weighted by Gasteiger charge is -2.04. The summed E-state index contributed by atoms with van der Waals surface area (Å²) in [4.78, 5) is 3.33. The third-order valence-electron chi connectivity index (χ3n) is 2.93. The molecular weight excluding hydrogens is 198 g/mol.